The highest BCUT2D eigenvalue weighted by molar-refractivity contribution is 7.98. The fourth-order valence-corrected chi connectivity index (χ4v) is 19.1. The minimum Gasteiger partial charge on any atom is -0.508 e. The van der Waals surface area contributed by atoms with Gasteiger partial charge in [0.2, 0.25) is 59.3 Å². The standard InChI is InChI=1S/C86H103Cl2N11O24S/c1-36(2)20-53(91-6)78(110)97-69-71(105)41-9-16-57(51(87)27-41)119-59-29-45-30-60(75(59)123-85-76(74(108)73(107)61(35-100)121-85)122-63-34-86(4,89)77(109)37(3)118-63)120-58-17-10-42(28-52(58)88)72(106)70-84(116)96-68(82(114)93-65-43-22-38-21-39(24-43)25-44(65)23-38)50-31-46(101)32-56(103)64(50)49-26-40(8-15-55(49)102)66(80(112)98-70)95-81(113)67(45)94-79(111)54(92-83(69)115)33-62(104)99-124-48-13-11-47(12-14-48)117-19-7-18-90-5/h8-17,26-32,36-39,43-44,53-54,61,63,65-74,76-77,85,90-91,100-103,105-109H,7,18-25,33-35,89H2,1-6H3,(H,92,115)(H,93,114)(H,94,111)(H,95,113)(H,96,116)(H,97,110)(H,98,112)(H,99,104)/t37-,38?,39?,43?,44?,53-,54-,61+,63-,65?,66-,67+,68-,69+,70+,71+,72-,73-,74-,76-,77+,85-,86-/m0/s1. The average Bonchev–Trinajstić information content (AvgIpc) is 0.760. The van der Waals surface area contributed by atoms with Gasteiger partial charge in [-0.25, -0.2) is 0 Å². The van der Waals surface area contributed by atoms with Crippen LogP contribution < -0.4 is 77.3 Å². The van der Waals surface area contributed by atoms with E-state index in [9.17, 15) is 55.5 Å². The van der Waals surface area contributed by atoms with Crippen LogP contribution in [0.4, 0.5) is 0 Å². The number of phenols is 3. The molecule has 35 nitrogen and oxygen atoms in total. The van der Waals surface area contributed by atoms with Gasteiger partial charge < -0.3 is 133 Å². The molecule has 17 rings (SSSR count). The van der Waals surface area contributed by atoms with Crippen molar-refractivity contribution in [3.8, 4) is 62.9 Å². The Morgan fingerprint density at radius 1 is 0.677 bits per heavy atom. The number of carbonyl (C=O) groups excluding carboxylic acids is 8. The Morgan fingerprint density at radius 2 is 1.31 bits per heavy atom. The van der Waals surface area contributed by atoms with Crippen molar-refractivity contribution in [3.05, 3.63) is 141 Å². The van der Waals surface area contributed by atoms with Gasteiger partial charge in [0.05, 0.1) is 47.9 Å². The molecule has 124 heavy (non-hydrogen) atoms. The van der Waals surface area contributed by atoms with Gasteiger partial charge in [0, 0.05) is 40.1 Å². The molecular weight excluding hydrogens is 1670 g/mol. The quantitative estimate of drug-likeness (QED) is 0.0353. The molecule has 8 amide bonds. The van der Waals surface area contributed by atoms with Crippen LogP contribution in [0, 0.1) is 29.6 Å². The average molecular weight is 1780 g/mol. The van der Waals surface area contributed by atoms with Crippen molar-refractivity contribution < 1.29 is 117 Å². The van der Waals surface area contributed by atoms with Crippen molar-refractivity contribution in [1.29, 1.82) is 0 Å². The van der Waals surface area contributed by atoms with Crippen LogP contribution in [0.15, 0.2) is 108 Å². The first-order valence-corrected chi connectivity index (χ1v) is 42.8. The lowest BCUT2D eigenvalue weighted by molar-refractivity contribution is -0.333. The van der Waals surface area contributed by atoms with Crippen LogP contribution in [0.1, 0.15) is 144 Å². The predicted molar refractivity (Wildman–Crippen MR) is 446 cm³/mol. The number of fused-ring (bicyclic) bond motifs is 15. The molecule has 4 aliphatic carbocycles. The second-order valence-corrected chi connectivity index (χ2v) is 35.5. The maximum absolute atomic E-state index is 16.7. The Kier molecular flexibility index (Phi) is 27.8. The van der Waals surface area contributed by atoms with E-state index in [1.165, 1.54) is 57.3 Å². The Bertz CT molecular complexity index is 4990. The Labute approximate surface area is 727 Å². The first kappa shape index (κ1) is 90.4. The van der Waals surface area contributed by atoms with E-state index in [2.05, 4.69) is 52.6 Å². The molecule has 6 aromatic carbocycles. The molecule has 666 valence electrons. The molecule has 4 saturated carbocycles. The van der Waals surface area contributed by atoms with Crippen molar-refractivity contribution in [3.63, 3.8) is 0 Å². The lowest BCUT2D eigenvalue weighted by Gasteiger charge is -2.54. The number of aromatic hydroxyl groups is 3. The maximum atomic E-state index is 16.7. The number of hydrogen-bond acceptors (Lipinski definition) is 28. The van der Waals surface area contributed by atoms with Gasteiger partial charge in [-0.2, -0.15) is 0 Å². The number of carbonyl (C=O) groups is 8. The van der Waals surface area contributed by atoms with Crippen molar-refractivity contribution in [2.24, 2.45) is 35.3 Å². The Morgan fingerprint density at radius 3 is 1.93 bits per heavy atom. The third-order valence-electron chi connectivity index (χ3n) is 24.3. The summed E-state index contributed by atoms with van der Waals surface area (Å²) in [5.74, 6) is -12.3. The van der Waals surface area contributed by atoms with E-state index in [0.29, 0.717) is 42.1 Å². The van der Waals surface area contributed by atoms with Crippen molar-refractivity contribution >= 4 is 82.4 Å². The summed E-state index contributed by atoms with van der Waals surface area (Å²) < 4.78 is 47.7. The van der Waals surface area contributed by atoms with Gasteiger partial charge in [-0.15, -0.1) is 0 Å². The monoisotopic (exact) mass is 1780 g/mol. The third-order valence-corrected chi connectivity index (χ3v) is 25.7. The minimum absolute atomic E-state index is 0.0653. The topological polar surface area (TPSA) is 530 Å². The molecule has 2 saturated heterocycles. The number of nitrogens with one attached hydrogen (secondary N) is 10. The zero-order valence-corrected chi connectivity index (χ0v) is 70.8. The van der Waals surface area contributed by atoms with Crippen LogP contribution in [0.3, 0.4) is 0 Å². The summed E-state index contributed by atoms with van der Waals surface area (Å²) >= 11 is 15.3. The largest absolute Gasteiger partial charge is 0.508 e. The predicted octanol–water partition coefficient (Wildman–Crippen LogP) is 4.29. The number of aliphatic hydroxyl groups excluding tert-OH is 6. The first-order valence-electron chi connectivity index (χ1n) is 41.2. The number of aliphatic hydroxyl groups is 6. The van der Waals surface area contributed by atoms with E-state index in [4.69, 9.17) is 62.1 Å². The molecule has 15 bridgehead atoms. The van der Waals surface area contributed by atoms with Crippen molar-refractivity contribution in [1.82, 2.24) is 52.6 Å². The van der Waals surface area contributed by atoms with E-state index < -0.39 is 215 Å². The Hall–Kier alpha value is -9.87. The summed E-state index contributed by atoms with van der Waals surface area (Å²) in [7, 11) is 3.31. The van der Waals surface area contributed by atoms with Crippen LogP contribution in [0.25, 0.3) is 11.1 Å². The highest BCUT2D eigenvalue weighted by atomic mass is 35.5. The van der Waals surface area contributed by atoms with Crippen LogP contribution in [-0.4, -0.2) is 212 Å². The van der Waals surface area contributed by atoms with Gasteiger partial charge >= 0.3 is 0 Å². The molecule has 21 N–H and O–H groups in total. The summed E-state index contributed by atoms with van der Waals surface area (Å²) in [6.07, 6.45) is -13.3. The van der Waals surface area contributed by atoms with Gasteiger partial charge in [0.1, 0.15) is 101 Å². The fraction of sp³-hybridized carbons (Fsp3) is 0.488. The lowest BCUT2D eigenvalue weighted by atomic mass is 9.54. The molecule has 11 aliphatic rings. The highest BCUT2D eigenvalue weighted by Crippen LogP contribution is 2.55. The van der Waals surface area contributed by atoms with E-state index in [1.807, 2.05) is 20.9 Å². The van der Waals surface area contributed by atoms with Gasteiger partial charge in [0.25, 0.3) is 0 Å². The molecule has 18 atom stereocenters. The molecular formula is C86H103Cl2N11O24S. The summed E-state index contributed by atoms with van der Waals surface area (Å²) in [5.41, 5.74) is 3.13. The lowest BCUT2D eigenvalue weighted by Crippen LogP contribution is -2.64. The summed E-state index contributed by atoms with van der Waals surface area (Å²) in [6.45, 7) is 6.84. The van der Waals surface area contributed by atoms with E-state index in [0.717, 1.165) is 86.5 Å². The van der Waals surface area contributed by atoms with Crippen molar-refractivity contribution in [2.75, 3.05) is 33.9 Å². The number of rotatable bonds is 21. The molecule has 7 aliphatic heterocycles. The van der Waals surface area contributed by atoms with Crippen LogP contribution in [-0.2, 0) is 52.6 Å². The SMILES string of the molecule is CNCCCOc1ccc(SNC(=O)C[C@@H]2NC(=O)[C@H](NC(=O)[C@H](CC(C)C)NC)[C@H](O)c3ccc(c(Cl)c3)Oc3cc4cc(c3O[C@@H]3O[C@H](CO)[C@H](O)[C@H](O)[C@@H]3O[C@H]3C[C@](C)(N)[C@H](O)[C@H](C)O3)Oc3ccc(cc3Cl)[C@H](O)[C@H]3NC(=O)[C@@H](NC(=O)[C@@H]4NC2=O)c2ccc(O)c(c2)-c2c(O)cc(O)cc2[C@@H](C(=O)NC2C4CC5CC(C4)CC2C5)NC3=O)cc1. The molecule has 0 unspecified atom stereocenters. The second kappa shape index (κ2) is 38.1. The van der Waals surface area contributed by atoms with Crippen LogP contribution in [0.2, 0.25) is 10.0 Å². The van der Waals surface area contributed by atoms with Gasteiger partial charge in [0.15, 0.2) is 23.9 Å². The second-order valence-electron chi connectivity index (χ2n) is 33.8. The molecule has 7 heterocycles. The van der Waals surface area contributed by atoms with Gasteiger partial charge in [-0.05, 0) is 228 Å². The Balaban J connectivity index is 0.954. The number of hydrogen-bond donors (Lipinski definition) is 20. The molecule has 6 fully saturated rings. The fourth-order valence-electron chi connectivity index (χ4n) is 18.1. The van der Waals surface area contributed by atoms with Crippen LogP contribution in [0.5, 0.6) is 51.7 Å². The van der Waals surface area contributed by atoms with Gasteiger partial charge in [-0.1, -0.05) is 55.2 Å². The molecule has 6 aromatic rings. The number of halogens is 2. The molecule has 0 aromatic heterocycles. The summed E-state index contributed by atoms with van der Waals surface area (Å²) in [6, 6.07) is 7.19. The van der Waals surface area contributed by atoms with Crippen LogP contribution >= 0.6 is 35.1 Å². The van der Waals surface area contributed by atoms with E-state index >= 15 is 28.8 Å². The van der Waals surface area contributed by atoms with Crippen molar-refractivity contribution in [2.45, 2.75) is 206 Å². The maximum Gasteiger partial charge on any atom is 0.248 e. The third kappa shape index (κ3) is 19.7. The zero-order chi connectivity index (χ0) is 88.6. The molecule has 0 spiro atoms. The number of nitrogens with two attached hydrogens (primary N) is 1. The highest BCUT2D eigenvalue weighted by Gasteiger charge is 2.53. The molecule has 0 radical (unpaired) electrons. The number of phenolic OH excluding ortho intramolecular Hbond substituents is 3. The zero-order valence-electron chi connectivity index (χ0n) is 68.5. The van der Waals surface area contributed by atoms with E-state index in [1.54, 1.807) is 24.3 Å². The summed E-state index contributed by atoms with van der Waals surface area (Å²) in [4.78, 5) is 125. The summed E-state index contributed by atoms with van der Waals surface area (Å²) in [5, 5.41) is 131. The normalized spacial score (nSPS) is 30.5. The number of likely N-dealkylation sites (N-methyl/N-ethyl adjacent to an activating group) is 1. The van der Waals surface area contributed by atoms with Gasteiger partial charge in [-0.3, -0.25) is 43.1 Å². The smallest absolute Gasteiger partial charge is 0.248 e. The number of ether oxygens (including phenoxy) is 7. The first-order chi connectivity index (χ1) is 59.1. The van der Waals surface area contributed by atoms with E-state index in [-0.39, 0.29) is 86.5 Å². The number of benzene rings is 6. The molecule has 38 heteroatoms. The number of amides is 8. The minimum atomic E-state index is -2.35.